The van der Waals surface area contributed by atoms with Gasteiger partial charge in [0, 0.05) is 16.7 Å². The number of barbiturate groups is 1. The van der Waals surface area contributed by atoms with Crippen molar-refractivity contribution in [1.82, 2.24) is 5.32 Å². The Hall–Kier alpha value is -3.82. The maximum absolute atomic E-state index is 13.1. The lowest BCUT2D eigenvalue weighted by Crippen LogP contribution is -2.54. The fraction of sp³-hybridized carbons (Fsp3) is 0.0800. The molecule has 0 atom stereocenters. The standard InChI is InChI=1S/C25H16BrClN2O6/c26-18-10-14(5-7-20(18)33-12-15-3-1-2-4-19(15)27)9-17-23(30)28-25(32)29(24(17)31)16-6-8-21-22(11-16)35-13-34-21/h1-11H,12-13H2,(H,28,30,32)/b17-9+. The van der Waals surface area contributed by atoms with Crippen LogP contribution in [0, 0.1) is 0 Å². The van der Waals surface area contributed by atoms with Crippen LogP contribution in [0.1, 0.15) is 11.1 Å². The molecule has 35 heavy (non-hydrogen) atoms. The van der Waals surface area contributed by atoms with Crippen LogP contribution in [0.5, 0.6) is 17.2 Å². The maximum Gasteiger partial charge on any atom is 0.335 e. The van der Waals surface area contributed by atoms with Gasteiger partial charge in [-0.05, 0) is 57.9 Å². The van der Waals surface area contributed by atoms with Crippen LogP contribution >= 0.6 is 27.5 Å². The lowest BCUT2D eigenvalue weighted by atomic mass is 10.1. The molecule has 10 heteroatoms. The average molecular weight is 556 g/mol. The van der Waals surface area contributed by atoms with Gasteiger partial charge in [-0.25, -0.2) is 9.69 Å². The number of ether oxygens (including phenoxy) is 3. The highest BCUT2D eigenvalue weighted by atomic mass is 79.9. The van der Waals surface area contributed by atoms with Crippen molar-refractivity contribution in [3.63, 3.8) is 0 Å². The zero-order valence-electron chi connectivity index (χ0n) is 17.9. The van der Waals surface area contributed by atoms with Crippen molar-refractivity contribution < 1.29 is 28.6 Å². The Bertz CT molecular complexity index is 1410. The first-order chi connectivity index (χ1) is 16.9. The van der Waals surface area contributed by atoms with E-state index in [2.05, 4.69) is 21.2 Å². The van der Waals surface area contributed by atoms with E-state index < -0.39 is 17.8 Å². The van der Waals surface area contributed by atoms with Gasteiger partial charge in [-0.2, -0.15) is 0 Å². The van der Waals surface area contributed by atoms with Crippen LogP contribution in [-0.4, -0.2) is 24.6 Å². The van der Waals surface area contributed by atoms with Crippen LogP contribution in [0.3, 0.4) is 0 Å². The van der Waals surface area contributed by atoms with E-state index in [0.717, 1.165) is 10.5 Å². The number of urea groups is 1. The lowest BCUT2D eigenvalue weighted by molar-refractivity contribution is -0.122. The molecule has 2 heterocycles. The van der Waals surface area contributed by atoms with Crippen LogP contribution in [0.25, 0.3) is 6.08 Å². The number of nitrogens with zero attached hydrogens (tertiary/aromatic N) is 1. The number of fused-ring (bicyclic) bond motifs is 1. The van der Waals surface area contributed by atoms with Crippen molar-refractivity contribution in [2.75, 3.05) is 11.7 Å². The molecule has 4 amide bonds. The molecular formula is C25H16BrClN2O6. The molecule has 0 unspecified atom stereocenters. The molecule has 176 valence electrons. The molecule has 0 saturated carbocycles. The number of benzene rings is 3. The first-order valence-electron chi connectivity index (χ1n) is 10.4. The molecule has 3 aromatic carbocycles. The fourth-order valence-electron chi connectivity index (χ4n) is 3.58. The zero-order valence-corrected chi connectivity index (χ0v) is 20.3. The monoisotopic (exact) mass is 554 g/mol. The first-order valence-corrected chi connectivity index (χ1v) is 11.5. The minimum Gasteiger partial charge on any atom is -0.488 e. The molecule has 8 nitrogen and oxygen atoms in total. The Morgan fingerprint density at radius 2 is 1.83 bits per heavy atom. The Morgan fingerprint density at radius 1 is 1.03 bits per heavy atom. The fourth-order valence-corrected chi connectivity index (χ4v) is 4.28. The number of halogens is 2. The second-order valence-corrected chi connectivity index (χ2v) is 8.83. The highest BCUT2D eigenvalue weighted by molar-refractivity contribution is 9.10. The summed E-state index contributed by atoms with van der Waals surface area (Å²) < 4.78 is 17.1. The summed E-state index contributed by atoms with van der Waals surface area (Å²) in [5.41, 5.74) is 1.45. The third-order valence-corrected chi connectivity index (χ3v) is 6.31. The zero-order chi connectivity index (χ0) is 24.5. The van der Waals surface area contributed by atoms with Gasteiger partial charge in [0.1, 0.15) is 17.9 Å². The molecule has 3 aromatic rings. The second-order valence-electron chi connectivity index (χ2n) is 7.57. The summed E-state index contributed by atoms with van der Waals surface area (Å²) in [6, 6.07) is 16.3. The van der Waals surface area contributed by atoms with Crippen molar-refractivity contribution in [1.29, 1.82) is 0 Å². The van der Waals surface area contributed by atoms with Crippen LogP contribution in [0.15, 0.2) is 70.7 Å². The summed E-state index contributed by atoms with van der Waals surface area (Å²) in [6.07, 6.45) is 1.41. The van der Waals surface area contributed by atoms with Crippen molar-refractivity contribution in [2.24, 2.45) is 0 Å². The molecule has 0 aliphatic carbocycles. The summed E-state index contributed by atoms with van der Waals surface area (Å²) in [5.74, 6) is -0.0717. The van der Waals surface area contributed by atoms with Crippen LogP contribution < -0.4 is 24.4 Å². The van der Waals surface area contributed by atoms with Gasteiger partial charge in [0.25, 0.3) is 11.8 Å². The van der Waals surface area contributed by atoms with Crippen molar-refractivity contribution in [3.8, 4) is 17.2 Å². The van der Waals surface area contributed by atoms with E-state index in [1.165, 1.54) is 12.1 Å². The van der Waals surface area contributed by atoms with Gasteiger partial charge >= 0.3 is 6.03 Å². The predicted molar refractivity (Wildman–Crippen MR) is 131 cm³/mol. The van der Waals surface area contributed by atoms with E-state index in [1.54, 1.807) is 36.4 Å². The van der Waals surface area contributed by atoms with E-state index in [9.17, 15) is 14.4 Å². The molecule has 0 radical (unpaired) electrons. The maximum atomic E-state index is 13.1. The van der Waals surface area contributed by atoms with E-state index in [-0.39, 0.29) is 24.7 Å². The third kappa shape index (κ3) is 4.60. The number of hydrogen-bond donors (Lipinski definition) is 1. The Kier molecular flexibility index (Phi) is 6.19. The lowest BCUT2D eigenvalue weighted by Gasteiger charge is -2.26. The molecule has 0 bridgehead atoms. The number of carbonyl (C=O) groups excluding carboxylic acids is 3. The summed E-state index contributed by atoms with van der Waals surface area (Å²) in [7, 11) is 0. The molecule has 1 fully saturated rings. The van der Waals surface area contributed by atoms with Gasteiger partial charge in [0.15, 0.2) is 11.5 Å². The van der Waals surface area contributed by atoms with Gasteiger partial charge in [-0.15, -0.1) is 0 Å². The quantitative estimate of drug-likeness (QED) is 0.349. The number of amides is 4. The molecule has 5 rings (SSSR count). The van der Waals surface area contributed by atoms with Crippen molar-refractivity contribution in [2.45, 2.75) is 6.61 Å². The molecule has 2 aliphatic rings. The largest absolute Gasteiger partial charge is 0.488 e. The van der Waals surface area contributed by atoms with Gasteiger partial charge in [-0.3, -0.25) is 14.9 Å². The summed E-state index contributed by atoms with van der Waals surface area (Å²) >= 11 is 9.63. The van der Waals surface area contributed by atoms with Crippen LogP contribution in [0.4, 0.5) is 10.5 Å². The van der Waals surface area contributed by atoms with E-state index in [1.807, 2.05) is 18.2 Å². The van der Waals surface area contributed by atoms with Crippen LogP contribution in [-0.2, 0) is 16.2 Å². The Labute approximate surface area is 213 Å². The number of nitrogens with one attached hydrogen (secondary N) is 1. The number of rotatable bonds is 5. The van der Waals surface area contributed by atoms with E-state index >= 15 is 0 Å². The molecule has 0 aromatic heterocycles. The van der Waals surface area contributed by atoms with Crippen LogP contribution in [0.2, 0.25) is 5.02 Å². The van der Waals surface area contributed by atoms with Gasteiger partial charge < -0.3 is 14.2 Å². The minimum absolute atomic E-state index is 0.0511. The number of imide groups is 2. The topological polar surface area (TPSA) is 94.2 Å². The molecular weight excluding hydrogens is 540 g/mol. The summed E-state index contributed by atoms with van der Waals surface area (Å²) in [6.45, 7) is 0.321. The molecule has 1 saturated heterocycles. The van der Waals surface area contributed by atoms with Gasteiger partial charge in [0.2, 0.25) is 6.79 Å². The van der Waals surface area contributed by atoms with Crippen molar-refractivity contribution in [3.05, 3.63) is 86.9 Å². The third-order valence-electron chi connectivity index (χ3n) is 5.32. The van der Waals surface area contributed by atoms with Gasteiger partial charge in [-0.1, -0.05) is 35.9 Å². The highest BCUT2D eigenvalue weighted by Gasteiger charge is 2.37. The predicted octanol–water partition coefficient (Wildman–Crippen LogP) is 5.08. The van der Waals surface area contributed by atoms with Crippen molar-refractivity contribution >= 4 is 57.1 Å². The molecule has 1 N–H and O–H groups in total. The first kappa shape index (κ1) is 22.9. The Morgan fingerprint density at radius 3 is 2.63 bits per heavy atom. The smallest absolute Gasteiger partial charge is 0.335 e. The SMILES string of the molecule is O=C1NC(=O)N(c2ccc3c(c2)OCO3)C(=O)/C1=C/c1ccc(OCc2ccccc2Cl)c(Br)c1. The average Bonchev–Trinajstić information content (AvgIpc) is 3.30. The van der Waals surface area contributed by atoms with E-state index in [4.69, 9.17) is 25.8 Å². The molecule has 2 aliphatic heterocycles. The normalized spacial score (nSPS) is 16.0. The molecule has 0 spiro atoms. The summed E-state index contributed by atoms with van der Waals surface area (Å²) in [4.78, 5) is 39.0. The number of anilines is 1. The van der Waals surface area contributed by atoms with E-state index in [0.29, 0.717) is 32.3 Å². The highest BCUT2D eigenvalue weighted by Crippen LogP contribution is 2.36. The Balaban J connectivity index is 1.38. The minimum atomic E-state index is -0.847. The number of carbonyl (C=O) groups is 3. The van der Waals surface area contributed by atoms with Gasteiger partial charge in [0.05, 0.1) is 10.2 Å². The number of hydrogen-bond acceptors (Lipinski definition) is 6. The summed E-state index contributed by atoms with van der Waals surface area (Å²) in [5, 5.41) is 2.81. The second kappa shape index (κ2) is 9.44.